The Morgan fingerprint density at radius 1 is 0.840 bits per heavy atom. The van der Waals surface area contributed by atoms with Gasteiger partial charge in [-0.1, -0.05) is 58.9 Å². The molecule has 1 unspecified atom stereocenters. The first-order valence-corrected chi connectivity index (χ1v) is 8.58. The minimum absolute atomic E-state index is 0.0660. The molecule has 0 aliphatic carbocycles. The minimum Gasteiger partial charge on any atom is -0.504 e. The highest BCUT2D eigenvalue weighted by Crippen LogP contribution is 2.30. The molecule has 4 heteroatoms. The zero-order chi connectivity index (χ0) is 19.4. The van der Waals surface area contributed by atoms with Gasteiger partial charge in [0.2, 0.25) is 0 Å². The second kappa shape index (κ2) is 11.8. The van der Waals surface area contributed by atoms with Crippen LogP contribution in [0.1, 0.15) is 51.7 Å². The van der Waals surface area contributed by atoms with Crippen molar-refractivity contribution >= 4 is 6.08 Å². The van der Waals surface area contributed by atoms with Gasteiger partial charge < -0.3 is 20.1 Å². The van der Waals surface area contributed by atoms with Crippen molar-refractivity contribution in [3.05, 3.63) is 53.6 Å². The Balaban J connectivity index is 0.00000134. The number of phenols is 3. The molecule has 0 aliphatic rings. The summed E-state index contributed by atoms with van der Waals surface area (Å²) in [6.45, 7) is 9.99. The largest absolute Gasteiger partial charge is 0.504 e. The number of aromatic hydroxyl groups is 3. The normalized spacial score (nSPS) is 11.0. The van der Waals surface area contributed by atoms with Gasteiger partial charge in [-0.2, -0.15) is 0 Å². The predicted molar refractivity (Wildman–Crippen MR) is 105 cm³/mol. The Hall–Kier alpha value is -2.62. The Morgan fingerprint density at radius 3 is 2.00 bits per heavy atom. The highest BCUT2D eigenvalue weighted by molar-refractivity contribution is 5.56. The summed E-state index contributed by atoms with van der Waals surface area (Å²) in [7, 11) is 1.50. The Bertz CT molecular complexity index is 663. The van der Waals surface area contributed by atoms with Crippen molar-refractivity contribution in [3.63, 3.8) is 0 Å². The maximum atomic E-state index is 9.55. The standard InChI is InChI=1S/C17H18O4.2C2H6/c1-11(13-6-8-14(18)16(20)10-13)3-4-12-5-7-15(19)17(9-12)21-2;2*1-2/h3-11,18-20H,1-2H3;2*1-2H3/b4-3+;;. The molecule has 138 valence electrons. The lowest BCUT2D eigenvalue weighted by Crippen LogP contribution is -1.89. The number of hydrogen-bond donors (Lipinski definition) is 3. The van der Waals surface area contributed by atoms with Gasteiger partial charge in [0.15, 0.2) is 23.0 Å². The van der Waals surface area contributed by atoms with Crippen molar-refractivity contribution in [2.45, 2.75) is 40.5 Å². The molecular formula is C21H30O4. The van der Waals surface area contributed by atoms with Crippen molar-refractivity contribution in [2.24, 2.45) is 0 Å². The first-order chi connectivity index (χ1) is 12.0. The first-order valence-electron chi connectivity index (χ1n) is 8.58. The van der Waals surface area contributed by atoms with Crippen LogP contribution in [0.2, 0.25) is 0 Å². The quantitative estimate of drug-likeness (QED) is 0.623. The summed E-state index contributed by atoms with van der Waals surface area (Å²) in [6, 6.07) is 9.89. The number of phenolic OH excluding ortho intramolecular Hbond substituents is 3. The molecule has 0 saturated carbocycles. The lowest BCUT2D eigenvalue weighted by Gasteiger charge is -2.08. The van der Waals surface area contributed by atoms with Gasteiger partial charge in [-0.25, -0.2) is 0 Å². The molecule has 0 saturated heterocycles. The van der Waals surface area contributed by atoms with Crippen LogP contribution >= 0.6 is 0 Å². The average Bonchev–Trinajstić information content (AvgIpc) is 2.66. The van der Waals surface area contributed by atoms with Crippen molar-refractivity contribution in [1.29, 1.82) is 0 Å². The van der Waals surface area contributed by atoms with Gasteiger partial charge in [0.1, 0.15) is 0 Å². The van der Waals surface area contributed by atoms with Crippen LogP contribution in [0, 0.1) is 0 Å². The van der Waals surface area contributed by atoms with Gasteiger partial charge >= 0.3 is 0 Å². The molecule has 2 rings (SSSR count). The summed E-state index contributed by atoms with van der Waals surface area (Å²) in [4.78, 5) is 0. The van der Waals surface area contributed by atoms with E-state index in [1.807, 2.05) is 46.8 Å². The molecule has 0 fully saturated rings. The number of rotatable bonds is 4. The molecule has 4 nitrogen and oxygen atoms in total. The van der Waals surface area contributed by atoms with Crippen LogP contribution < -0.4 is 4.74 Å². The fourth-order valence-electron chi connectivity index (χ4n) is 1.99. The molecule has 0 spiro atoms. The third-order valence-electron chi connectivity index (χ3n) is 3.31. The van der Waals surface area contributed by atoms with Crippen LogP contribution in [0.3, 0.4) is 0 Å². The fourth-order valence-corrected chi connectivity index (χ4v) is 1.99. The molecule has 0 radical (unpaired) electrons. The van der Waals surface area contributed by atoms with Crippen LogP contribution in [-0.2, 0) is 0 Å². The number of hydrogen-bond acceptors (Lipinski definition) is 4. The van der Waals surface area contributed by atoms with E-state index in [2.05, 4.69) is 0 Å². The van der Waals surface area contributed by atoms with Crippen molar-refractivity contribution in [1.82, 2.24) is 0 Å². The summed E-state index contributed by atoms with van der Waals surface area (Å²) in [5.41, 5.74) is 1.80. The second-order valence-electron chi connectivity index (χ2n) is 4.83. The van der Waals surface area contributed by atoms with Crippen LogP contribution in [0.5, 0.6) is 23.0 Å². The SMILES string of the molecule is CC.CC.COc1cc(/C=C/C(C)c2ccc(O)c(O)c2)ccc1O. The Morgan fingerprint density at radius 2 is 1.44 bits per heavy atom. The summed E-state index contributed by atoms with van der Waals surface area (Å²) in [5, 5.41) is 28.4. The van der Waals surface area contributed by atoms with E-state index in [9.17, 15) is 15.3 Å². The first kappa shape index (κ1) is 22.4. The molecule has 0 amide bonds. The van der Waals surface area contributed by atoms with Crippen molar-refractivity contribution < 1.29 is 20.1 Å². The van der Waals surface area contributed by atoms with Crippen LogP contribution in [0.25, 0.3) is 6.08 Å². The van der Waals surface area contributed by atoms with Gasteiger partial charge in [-0.05, 0) is 41.3 Å². The molecule has 0 bridgehead atoms. The van der Waals surface area contributed by atoms with E-state index in [1.165, 1.54) is 13.2 Å². The zero-order valence-electron chi connectivity index (χ0n) is 15.9. The number of methoxy groups -OCH3 is 1. The van der Waals surface area contributed by atoms with Crippen LogP contribution in [0.15, 0.2) is 42.5 Å². The third kappa shape index (κ3) is 6.79. The molecule has 25 heavy (non-hydrogen) atoms. The predicted octanol–water partition coefficient (Wildman–Crippen LogP) is 5.68. The maximum absolute atomic E-state index is 9.55. The van der Waals surface area contributed by atoms with Gasteiger partial charge in [0, 0.05) is 0 Å². The van der Waals surface area contributed by atoms with E-state index in [0.717, 1.165) is 11.1 Å². The molecule has 2 aromatic carbocycles. The molecule has 0 heterocycles. The van der Waals surface area contributed by atoms with E-state index >= 15 is 0 Å². The molecule has 0 aromatic heterocycles. The summed E-state index contributed by atoms with van der Waals surface area (Å²) in [5.74, 6) is 0.340. The Kier molecular flexibility index (Phi) is 10.6. The number of ether oxygens (including phenoxy) is 1. The molecular weight excluding hydrogens is 316 g/mol. The van der Waals surface area contributed by atoms with E-state index in [4.69, 9.17) is 4.74 Å². The fraction of sp³-hybridized carbons (Fsp3) is 0.333. The summed E-state index contributed by atoms with van der Waals surface area (Å²) >= 11 is 0. The number of benzene rings is 2. The zero-order valence-corrected chi connectivity index (χ0v) is 15.9. The van der Waals surface area contributed by atoms with Gasteiger partial charge in [-0.15, -0.1) is 0 Å². The van der Waals surface area contributed by atoms with Gasteiger partial charge in [0.05, 0.1) is 7.11 Å². The smallest absolute Gasteiger partial charge is 0.161 e. The van der Waals surface area contributed by atoms with Crippen molar-refractivity contribution in [3.8, 4) is 23.0 Å². The van der Waals surface area contributed by atoms with E-state index in [1.54, 1.807) is 30.3 Å². The minimum atomic E-state index is -0.127. The summed E-state index contributed by atoms with van der Waals surface area (Å²) < 4.78 is 5.06. The second-order valence-corrected chi connectivity index (χ2v) is 4.83. The molecule has 3 N–H and O–H groups in total. The number of allylic oxidation sites excluding steroid dienone is 1. The lowest BCUT2D eigenvalue weighted by molar-refractivity contribution is 0.373. The van der Waals surface area contributed by atoms with Crippen LogP contribution in [-0.4, -0.2) is 22.4 Å². The van der Waals surface area contributed by atoms with E-state index in [0.29, 0.717) is 5.75 Å². The van der Waals surface area contributed by atoms with Gasteiger partial charge in [-0.3, -0.25) is 0 Å². The highest BCUT2D eigenvalue weighted by atomic mass is 16.5. The highest BCUT2D eigenvalue weighted by Gasteiger charge is 2.06. The molecule has 2 aromatic rings. The average molecular weight is 346 g/mol. The molecule has 1 atom stereocenters. The van der Waals surface area contributed by atoms with Crippen LogP contribution in [0.4, 0.5) is 0 Å². The Labute approximate surface area is 151 Å². The van der Waals surface area contributed by atoms with E-state index in [-0.39, 0.29) is 23.2 Å². The lowest BCUT2D eigenvalue weighted by atomic mass is 9.99. The monoisotopic (exact) mass is 346 g/mol. The topological polar surface area (TPSA) is 69.9 Å². The molecule has 0 aliphatic heterocycles. The van der Waals surface area contributed by atoms with Crippen molar-refractivity contribution in [2.75, 3.05) is 7.11 Å². The summed E-state index contributed by atoms with van der Waals surface area (Å²) in [6.07, 6.45) is 3.88. The van der Waals surface area contributed by atoms with Gasteiger partial charge in [0.25, 0.3) is 0 Å². The van der Waals surface area contributed by atoms with E-state index < -0.39 is 0 Å². The third-order valence-corrected chi connectivity index (χ3v) is 3.31. The maximum Gasteiger partial charge on any atom is 0.161 e.